The number of carbonyl (C=O) groups excluding carboxylic acids is 1. The lowest BCUT2D eigenvalue weighted by atomic mass is 10.2. The standard InChI is InChI=1S/C20H29N3O/c24-20(21-19-10-4-5-11-19)17-23-15-13-22(14-16-23)12-6-9-18-7-2-1-3-8-18/h1-3,6-9,19H,4-5,10-17H2,(H,21,24)/b9-6+. The second-order valence-electron chi connectivity index (χ2n) is 6.94. The van der Waals surface area contributed by atoms with Crippen LogP contribution in [0, 0.1) is 0 Å². The molecule has 0 radical (unpaired) electrons. The Balaban J connectivity index is 1.33. The number of amides is 1. The fourth-order valence-electron chi connectivity index (χ4n) is 3.58. The van der Waals surface area contributed by atoms with E-state index in [2.05, 4.69) is 51.5 Å². The minimum atomic E-state index is 0.208. The monoisotopic (exact) mass is 327 g/mol. The van der Waals surface area contributed by atoms with Crippen molar-refractivity contribution in [1.82, 2.24) is 15.1 Å². The summed E-state index contributed by atoms with van der Waals surface area (Å²) in [5.41, 5.74) is 1.25. The van der Waals surface area contributed by atoms with Crippen LogP contribution in [0.3, 0.4) is 0 Å². The largest absolute Gasteiger partial charge is 0.352 e. The van der Waals surface area contributed by atoms with Crippen LogP contribution in [-0.4, -0.2) is 61.0 Å². The van der Waals surface area contributed by atoms with E-state index in [9.17, 15) is 4.79 Å². The average Bonchev–Trinajstić information content (AvgIpc) is 3.10. The Hall–Kier alpha value is -1.65. The van der Waals surface area contributed by atoms with Gasteiger partial charge in [0, 0.05) is 38.8 Å². The second-order valence-corrected chi connectivity index (χ2v) is 6.94. The summed E-state index contributed by atoms with van der Waals surface area (Å²) in [6.07, 6.45) is 9.26. The summed E-state index contributed by atoms with van der Waals surface area (Å²) < 4.78 is 0. The summed E-state index contributed by atoms with van der Waals surface area (Å²) >= 11 is 0. The Kier molecular flexibility index (Phi) is 6.44. The lowest BCUT2D eigenvalue weighted by Gasteiger charge is -2.33. The van der Waals surface area contributed by atoms with Gasteiger partial charge in [0.1, 0.15) is 0 Å². The third-order valence-corrected chi connectivity index (χ3v) is 5.03. The Morgan fingerprint density at radius 1 is 1.04 bits per heavy atom. The van der Waals surface area contributed by atoms with Crippen molar-refractivity contribution in [3.63, 3.8) is 0 Å². The highest BCUT2D eigenvalue weighted by molar-refractivity contribution is 5.78. The zero-order chi connectivity index (χ0) is 16.6. The molecule has 1 heterocycles. The van der Waals surface area contributed by atoms with Crippen LogP contribution in [-0.2, 0) is 4.79 Å². The summed E-state index contributed by atoms with van der Waals surface area (Å²) in [5, 5.41) is 3.18. The van der Waals surface area contributed by atoms with Crippen molar-refractivity contribution < 1.29 is 4.79 Å². The first kappa shape index (κ1) is 17.2. The Bertz CT molecular complexity index is 529. The molecule has 1 aliphatic heterocycles. The summed E-state index contributed by atoms with van der Waals surface area (Å²) in [6, 6.07) is 10.8. The van der Waals surface area contributed by atoms with Gasteiger partial charge in [0.25, 0.3) is 0 Å². The molecule has 0 bridgehead atoms. The summed E-state index contributed by atoms with van der Waals surface area (Å²) in [6.45, 7) is 5.58. The first-order valence-electron chi connectivity index (χ1n) is 9.25. The van der Waals surface area contributed by atoms with Crippen molar-refractivity contribution in [2.24, 2.45) is 0 Å². The number of hydrogen-bond acceptors (Lipinski definition) is 3. The normalized spacial score (nSPS) is 20.7. The van der Waals surface area contributed by atoms with Crippen molar-refractivity contribution in [3.05, 3.63) is 42.0 Å². The predicted octanol–water partition coefficient (Wildman–Crippen LogP) is 2.38. The van der Waals surface area contributed by atoms with E-state index in [1.807, 2.05) is 6.07 Å². The third kappa shape index (κ3) is 5.46. The van der Waals surface area contributed by atoms with Gasteiger partial charge in [-0.3, -0.25) is 14.6 Å². The van der Waals surface area contributed by atoms with E-state index in [1.54, 1.807) is 0 Å². The molecular weight excluding hydrogens is 298 g/mol. The molecule has 1 aliphatic carbocycles. The number of nitrogens with one attached hydrogen (secondary N) is 1. The maximum atomic E-state index is 12.1. The Morgan fingerprint density at radius 3 is 2.42 bits per heavy atom. The Morgan fingerprint density at radius 2 is 1.71 bits per heavy atom. The molecule has 4 heteroatoms. The second kappa shape index (κ2) is 9.00. The molecule has 4 nitrogen and oxygen atoms in total. The lowest BCUT2D eigenvalue weighted by molar-refractivity contribution is -0.123. The summed E-state index contributed by atoms with van der Waals surface area (Å²) in [5.74, 6) is 0.208. The smallest absolute Gasteiger partial charge is 0.234 e. The minimum absolute atomic E-state index is 0.208. The van der Waals surface area contributed by atoms with Gasteiger partial charge in [-0.1, -0.05) is 55.3 Å². The van der Waals surface area contributed by atoms with Crippen LogP contribution < -0.4 is 5.32 Å². The zero-order valence-corrected chi connectivity index (χ0v) is 14.5. The number of rotatable bonds is 6. The predicted molar refractivity (Wildman–Crippen MR) is 98.8 cm³/mol. The van der Waals surface area contributed by atoms with Crippen LogP contribution in [0.2, 0.25) is 0 Å². The highest BCUT2D eigenvalue weighted by Crippen LogP contribution is 2.17. The Labute approximate surface area is 145 Å². The molecule has 1 aromatic rings. The molecule has 3 rings (SSSR count). The van der Waals surface area contributed by atoms with Crippen molar-refractivity contribution in [3.8, 4) is 0 Å². The topological polar surface area (TPSA) is 35.6 Å². The van der Waals surface area contributed by atoms with Gasteiger partial charge < -0.3 is 5.32 Å². The molecule has 130 valence electrons. The van der Waals surface area contributed by atoms with E-state index in [0.29, 0.717) is 12.6 Å². The minimum Gasteiger partial charge on any atom is -0.352 e. The van der Waals surface area contributed by atoms with Crippen LogP contribution in [0.1, 0.15) is 31.2 Å². The summed E-state index contributed by atoms with van der Waals surface area (Å²) in [7, 11) is 0. The van der Waals surface area contributed by atoms with Gasteiger partial charge in [-0.15, -0.1) is 0 Å². The highest BCUT2D eigenvalue weighted by atomic mass is 16.2. The first-order chi connectivity index (χ1) is 11.8. The van der Waals surface area contributed by atoms with Gasteiger partial charge in [0.15, 0.2) is 0 Å². The van der Waals surface area contributed by atoms with E-state index in [4.69, 9.17) is 0 Å². The van der Waals surface area contributed by atoms with Crippen LogP contribution in [0.25, 0.3) is 6.08 Å². The maximum absolute atomic E-state index is 12.1. The van der Waals surface area contributed by atoms with E-state index >= 15 is 0 Å². The first-order valence-corrected chi connectivity index (χ1v) is 9.25. The molecule has 0 spiro atoms. The molecule has 24 heavy (non-hydrogen) atoms. The fourth-order valence-corrected chi connectivity index (χ4v) is 3.58. The lowest BCUT2D eigenvalue weighted by Crippen LogP contribution is -2.50. The van der Waals surface area contributed by atoms with Crippen molar-refractivity contribution in [2.75, 3.05) is 39.3 Å². The maximum Gasteiger partial charge on any atom is 0.234 e. The molecule has 0 aromatic heterocycles. The van der Waals surface area contributed by atoms with Crippen molar-refractivity contribution in [2.45, 2.75) is 31.7 Å². The number of nitrogens with zero attached hydrogens (tertiary/aromatic N) is 2. The van der Waals surface area contributed by atoms with E-state index in [-0.39, 0.29) is 5.91 Å². The average molecular weight is 327 g/mol. The molecule has 2 fully saturated rings. The van der Waals surface area contributed by atoms with E-state index in [0.717, 1.165) is 45.6 Å². The van der Waals surface area contributed by atoms with Gasteiger partial charge in [0.2, 0.25) is 5.91 Å². The van der Waals surface area contributed by atoms with Crippen LogP contribution >= 0.6 is 0 Å². The van der Waals surface area contributed by atoms with Gasteiger partial charge in [0.05, 0.1) is 6.54 Å². The van der Waals surface area contributed by atoms with E-state index in [1.165, 1.54) is 18.4 Å². The fraction of sp³-hybridized carbons (Fsp3) is 0.550. The van der Waals surface area contributed by atoms with Gasteiger partial charge in [-0.05, 0) is 18.4 Å². The molecule has 1 N–H and O–H groups in total. The number of benzene rings is 1. The highest BCUT2D eigenvalue weighted by Gasteiger charge is 2.21. The third-order valence-electron chi connectivity index (χ3n) is 5.03. The van der Waals surface area contributed by atoms with Gasteiger partial charge in [-0.25, -0.2) is 0 Å². The molecule has 1 amide bonds. The summed E-state index contributed by atoms with van der Waals surface area (Å²) in [4.78, 5) is 16.8. The van der Waals surface area contributed by atoms with Crippen LogP contribution in [0.15, 0.2) is 36.4 Å². The molecule has 0 atom stereocenters. The molecule has 1 saturated heterocycles. The van der Waals surface area contributed by atoms with E-state index < -0.39 is 0 Å². The van der Waals surface area contributed by atoms with Crippen molar-refractivity contribution in [1.29, 1.82) is 0 Å². The molecular formula is C20H29N3O. The number of carbonyl (C=O) groups is 1. The van der Waals surface area contributed by atoms with Crippen LogP contribution in [0.5, 0.6) is 0 Å². The number of hydrogen-bond donors (Lipinski definition) is 1. The van der Waals surface area contributed by atoms with Crippen molar-refractivity contribution >= 4 is 12.0 Å². The molecule has 1 aromatic carbocycles. The number of piperazine rings is 1. The molecule has 0 unspecified atom stereocenters. The quantitative estimate of drug-likeness (QED) is 0.871. The zero-order valence-electron chi connectivity index (χ0n) is 14.5. The SMILES string of the molecule is O=C(CN1CCN(C/C=C/c2ccccc2)CC1)NC1CCCC1. The molecule has 2 aliphatic rings. The van der Waals surface area contributed by atoms with Gasteiger partial charge in [-0.2, -0.15) is 0 Å². The van der Waals surface area contributed by atoms with Crippen LogP contribution in [0.4, 0.5) is 0 Å². The molecule has 1 saturated carbocycles. The van der Waals surface area contributed by atoms with Gasteiger partial charge >= 0.3 is 0 Å².